The molecule has 0 saturated heterocycles. The number of para-hydroxylation sites is 1. The van der Waals surface area contributed by atoms with E-state index in [-0.39, 0.29) is 16.4 Å². The molecule has 0 fully saturated rings. The zero-order chi connectivity index (χ0) is 17.5. The Morgan fingerprint density at radius 1 is 1.17 bits per heavy atom. The van der Waals surface area contributed by atoms with Crippen LogP contribution in [0.5, 0.6) is 0 Å². The highest BCUT2D eigenvalue weighted by molar-refractivity contribution is 7.90. The molecule has 0 amide bonds. The summed E-state index contributed by atoms with van der Waals surface area (Å²) in [6, 6.07) is 7.52. The van der Waals surface area contributed by atoms with Crippen LogP contribution >= 0.6 is 11.3 Å². The molecule has 1 aromatic carbocycles. The lowest BCUT2D eigenvalue weighted by atomic mass is 10.3. The maximum absolute atomic E-state index is 13.1. The molecule has 0 bridgehead atoms. The van der Waals surface area contributed by atoms with Crippen molar-refractivity contribution in [2.75, 3.05) is 6.26 Å². The van der Waals surface area contributed by atoms with Crippen LogP contribution in [0.25, 0.3) is 17.1 Å². The summed E-state index contributed by atoms with van der Waals surface area (Å²) in [5.74, 6) is 0.0414. The number of nitrogens with zero attached hydrogens (tertiary/aromatic N) is 2. The molecule has 0 saturated carbocycles. The molecule has 3 rings (SSSR count). The Kier molecular flexibility index (Phi) is 4.00. The molecular weight excluding hydrogens is 361 g/mol. The highest BCUT2D eigenvalue weighted by Crippen LogP contribution is 2.34. The molecule has 2 aromatic heterocycles. The van der Waals surface area contributed by atoms with Crippen molar-refractivity contribution >= 4 is 21.2 Å². The number of imidazole rings is 1. The van der Waals surface area contributed by atoms with Gasteiger partial charge < -0.3 is 0 Å². The first-order valence-electron chi connectivity index (χ1n) is 6.66. The van der Waals surface area contributed by atoms with Crippen LogP contribution in [0.3, 0.4) is 0 Å². The van der Waals surface area contributed by atoms with Crippen molar-refractivity contribution in [3.8, 4) is 17.1 Å². The smallest absolute Gasteiger partial charge is 0.298 e. The van der Waals surface area contributed by atoms with Crippen molar-refractivity contribution in [2.45, 2.75) is 11.1 Å². The summed E-state index contributed by atoms with van der Waals surface area (Å²) in [6.07, 6.45) is -2.80. The first kappa shape index (κ1) is 16.7. The van der Waals surface area contributed by atoms with Gasteiger partial charge in [-0.25, -0.2) is 13.4 Å². The molecule has 126 valence electrons. The number of halogens is 3. The van der Waals surface area contributed by atoms with Crippen molar-refractivity contribution in [2.24, 2.45) is 0 Å². The van der Waals surface area contributed by atoms with E-state index in [2.05, 4.69) is 4.98 Å². The molecule has 0 spiro atoms. The van der Waals surface area contributed by atoms with E-state index in [9.17, 15) is 21.6 Å². The summed E-state index contributed by atoms with van der Waals surface area (Å²) < 4.78 is 64.4. The number of sulfone groups is 1. The van der Waals surface area contributed by atoms with E-state index in [4.69, 9.17) is 0 Å². The standard InChI is InChI=1S/C15H11F3N2O2S2/c1-24(21,22)12-5-3-2-4-11(12)20-8-13(15(16,17)18)19-14(20)10-6-7-23-9-10/h2-9H,1H3. The van der Waals surface area contributed by atoms with Gasteiger partial charge in [0.1, 0.15) is 5.82 Å². The van der Waals surface area contributed by atoms with E-state index in [0.29, 0.717) is 5.56 Å². The number of aromatic nitrogens is 2. The quantitative estimate of drug-likeness (QED) is 0.698. The van der Waals surface area contributed by atoms with Crippen molar-refractivity contribution < 1.29 is 21.6 Å². The Morgan fingerprint density at radius 3 is 2.46 bits per heavy atom. The Morgan fingerprint density at radius 2 is 1.88 bits per heavy atom. The number of thiophene rings is 1. The van der Waals surface area contributed by atoms with Gasteiger partial charge in [0.2, 0.25) is 0 Å². The summed E-state index contributed by atoms with van der Waals surface area (Å²) in [4.78, 5) is 3.61. The minimum atomic E-state index is -4.63. The largest absolute Gasteiger partial charge is 0.434 e. The van der Waals surface area contributed by atoms with Crippen molar-refractivity contribution in [3.63, 3.8) is 0 Å². The third kappa shape index (κ3) is 3.09. The summed E-state index contributed by atoms with van der Waals surface area (Å²) >= 11 is 1.31. The highest BCUT2D eigenvalue weighted by Gasteiger charge is 2.35. The fourth-order valence-electron chi connectivity index (χ4n) is 2.27. The van der Waals surface area contributed by atoms with Gasteiger partial charge in [-0.1, -0.05) is 12.1 Å². The molecule has 0 N–H and O–H groups in total. The maximum atomic E-state index is 13.1. The lowest BCUT2D eigenvalue weighted by molar-refractivity contribution is -0.140. The van der Waals surface area contributed by atoms with Gasteiger partial charge in [-0.05, 0) is 23.6 Å². The Bertz CT molecular complexity index is 975. The van der Waals surface area contributed by atoms with Gasteiger partial charge in [-0.15, -0.1) is 0 Å². The SMILES string of the molecule is CS(=O)(=O)c1ccccc1-n1cc(C(F)(F)F)nc1-c1ccsc1. The van der Waals surface area contributed by atoms with Gasteiger partial charge in [0.15, 0.2) is 15.5 Å². The van der Waals surface area contributed by atoms with E-state index in [1.165, 1.54) is 34.1 Å². The molecule has 0 radical (unpaired) electrons. The van der Waals surface area contributed by atoms with Crippen LogP contribution in [0.1, 0.15) is 5.69 Å². The molecule has 2 heterocycles. The van der Waals surface area contributed by atoms with Crippen LogP contribution in [-0.4, -0.2) is 24.2 Å². The van der Waals surface area contributed by atoms with Crippen LogP contribution < -0.4 is 0 Å². The van der Waals surface area contributed by atoms with E-state index in [1.54, 1.807) is 22.9 Å². The Balaban J connectivity index is 2.31. The topological polar surface area (TPSA) is 52.0 Å². The second-order valence-electron chi connectivity index (χ2n) is 5.07. The molecule has 24 heavy (non-hydrogen) atoms. The van der Waals surface area contributed by atoms with E-state index >= 15 is 0 Å². The predicted molar refractivity (Wildman–Crippen MR) is 85.0 cm³/mol. The van der Waals surface area contributed by atoms with Crippen molar-refractivity contribution in [1.29, 1.82) is 0 Å². The minimum Gasteiger partial charge on any atom is -0.298 e. The molecule has 9 heteroatoms. The van der Waals surface area contributed by atoms with Crippen LogP contribution in [0, 0.1) is 0 Å². The highest BCUT2D eigenvalue weighted by atomic mass is 32.2. The Hall–Kier alpha value is -2.13. The van der Waals surface area contributed by atoms with Crippen LogP contribution in [0.15, 0.2) is 52.2 Å². The van der Waals surface area contributed by atoms with E-state index < -0.39 is 21.7 Å². The van der Waals surface area contributed by atoms with Crippen molar-refractivity contribution in [3.05, 3.63) is 53.0 Å². The normalized spacial score (nSPS) is 12.5. The second kappa shape index (κ2) is 5.75. The summed E-state index contributed by atoms with van der Waals surface area (Å²) in [5, 5.41) is 3.37. The summed E-state index contributed by atoms with van der Waals surface area (Å²) in [7, 11) is -3.62. The minimum absolute atomic E-state index is 0.0414. The third-order valence-electron chi connectivity index (χ3n) is 3.30. The zero-order valence-electron chi connectivity index (χ0n) is 12.3. The average molecular weight is 372 g/mol. The average Bonchev–Trinajstić information content (AvgIpc) is 3.14. The van der Waals surface area contributed by atoms with Gasteiger partial charge in [0.25, 0.3) is 0 Å². The zero-order valence-corrected chi connectivity index (χ0v) is 13.9. The lowest BCUT2D eigenvalue weighted by Crippen LogP contribution is -2.06. The van der Waals surface area contributed by atoms with Crippen LogP contribution in [-0.2, 0) is 16.0 Å². The molecule has 4 nitrogen and oxygen atoms in total. The van der Waals surface area contributed by atoms with Gasteiger partial charge in [0.05, 0.1) is 10.6 Å². The second-order valence-corrected chi connectivity index (χ2v) is 7.83. The Labute approximate surface area is 140 Å². The first-order valence-corrected chi connectivity index (χ1v) is 9.50. The van der Waals surface area contributed by atoms with Gasteiger partial charge in [-0.3, -0.25) is 4.57 Å². The number of hydrogen-bond donors (Lipinski definition) is 0. The van der Waals surface area contributed by atoms with Gasteiger partial charge in [0, 0.05) is 23.4 Å². The lowest BCUT2D eigenvalue weighted by Gasteiger charge is -2.11. The van der Waals surface area contributed by atoms with Crippen LogP contribution in [0.2, 0.25) is 0 Å². The summed E-state index contributed by atoms with van der Waals surface area (Å²) in [6.45, 7) is 0. The third-order valence-corrected chi connectivity index (χ3v) is 5.13. The molecular formula is C15H11F3N2O2S2. The number of alkyl halides is 3. The fourth-order valence-corrected chi connectivity index (χ4v) is 3.77. The van der Waals surface area contributed by atoms with Crippen molar-refractivity contribution in [1.82, 2.24) is 9.55 Å². The fraction of sp³-hybridized carbons (Fsp3) is 0.133. The summed E-state index contributed by atoms with van der Waals surface area (Å²) in [5.41, 5.74) is -0.463. The van der Waals surface area contributed by atoms with E-state index in [0.717, 1.165) is 12.5 Å². The monoisotopic (exact) mass is 372 g/mol. The number of hydrogen-bond acceptors (Lipinski definition) is 4. The molecule has 0 aliphatic rings. The van der Waals surface area contributed by atoms with E-state index in [1.807, 2.05) is 0 Å². The molecule has 0 aliphatic carbocycles. The van der Waals surface area contributed by atoms with Crippen LogP contribution in [0.4, 0.5) is 13.2 Å². The maximum Gasteiger partial charge on any atom is 0.434 e. The predicted octanol–water partition coefficient (Wildman–Crippen LogP) is 4.02. The number of benzene rings is 1. The molecule has 0 aliphatic heterocycles. The molecule has 0 atom stereocenters. The molecule has 3 aromatic rings. The van der Waals surface area contributed by atoms with Gasteiger partial charge >= 0.3 is 6.18 Å². The first-order chi connectivity index (χ1) is 11.2. The van der Waals surface area contributed by atoms with Gasteiger partial charge in [-0.2, -0.15) is 24.5 Å². The molecule has 0 unspecified atom stereocenters. The number of rotatable bonds is 3.